The molecule has 0 atom stereocenters. The Morgan fingerprint density at radius 2 is 1.82 bits per heavy atom. The number of nitro groups is 1. The molecule has 110 valence electrons. The van der Waals surface area contributed by atoms with Crippen LogP contribution in [0.4, 0.5) is 5.69 Å². The van der Waals surface area contributed by atoms with Crippen LogP contribution in [-0.2, 0) is 7.05 Å². The van der Waals surface area contributed by atoms with E-state index in [1.54, 1.807) is 0 Å². The van der Waals surface area contributed by atoms with Crippen LogP contribution in [0.25, 0.3) is 11.4 Å². The maximum absolute atomic E-state index is 10.6. The van der Waals surface area contributed by atoms with Crippen LogP contribution in [0.2, 0.25) is 0 Å². The van der Waals surface area contributed by atoms with Gasteiger partial charge in [-0.05, 0) is 11.8 Å². The SMILES string of the molecule is Cn1c(Sc2ncc([N+](=O)[O-])cn2)nnc1-c1ccccc1. The van der Waals surface area contributed by atoms with Gasteiger partial charge in [0.25, 0.3) is 0 Å². The van der Waals surface area contributed by atoms with E-state index in [1.807, 2.05) is 41.9 Å². The topological polar surface area (TPSA) is 99.6 Å². The summed E-state index contributed by atoms with van der Waals surface area (Å²) in [4.78, 5) is 17.9. The molecule has 2 aromatic heterocycles. The first-order valence-corrected chi connectivity index (χ1v) is 7.06. The van der Waals surface area contributed by atoms with Crippen molar-refractivity contribution < 1.29 is 4.92 Å². The molecule has 0 spiro atoms. The molecule has 0 aliphatic heterocycles. The Kier molecular flexibility index (Phi) is 3.79. The normalized spacial score (nSPS) is 10.6. The highest BCUT2D eigenvalue weighted by Crippen LogP contribution is 2.26. The first-order chi connectivity index (χ1) is 10.6. The zero-order chi connectivity index (χ0) is 15.5. The lowest BCUT2D eigenvalue weighted by Crippen LogP contribution is -1.96. The highest BCUT2D eigenvalue weighted by Gasteiger charge is 2.14. The summed E-state index contributed by atoms with van der Waals surface area (Å²) in [5, 5.41) is 19.8. The van der Waals surface area contributed by atoms with Gasteiger partial charge in [-0.15, -0.1) is 10.2 Å². The van der Waals surface area contributed by atoms with Crippen molar-refractivity contribution in [1.82, 2.24) is 24.7 Å². The minimum absolute atomic E-state index is 0.146. The van der Waals surface area contributed by atoms with Gasteiger partial charge in [-0.1, -0.05) is 30.3 Å². The van der Waals surface area contributed by atoms with Gasteiger partial charge in [0.1, 0.15) is 12.4 Å². The van der Waals surface area contributed by atoms with Gasteiger partial charge < -0.3 is 4.57 Å². The van der Waals surface area contributed by atoms with Crippen LogP contribution in [0.3, 0.4) is 0 Å². The van der Waals surface area contributed by atoms with E-state index in [-0.39, 0.29) is 5.69 Å². The molecule has 2 heterocycles. The number of rotatable bonds is 4. The Bertz CT molecular complexity index is 803. The summed E-state index contributed by atoms with van der Waals surface area (Å²) in [5.74, 6) is 0.727. The summed E-state index contributed by atoms with van der Waals surface area (Å²) in [6.07, 6.45) is 2.34. The molecule has 0 saturated heterocycles. The molecule has 0 fully saturated rings. The largest absolute Gasteiger partial charge is 0.305 e. The zero-order valence-corrected chi connectivity index (χ0v) is 12.3. The van der Waals surface area contributed by atoms with Crippen LogP contribution >= 0.6 is 11.8 Å². The Labute approximate surface area is 129 Å². The fourth-order valence-electron chi connectivity index (χ4n) is 1.78. The third-order valence-electron chi connectivity index (χ3n) is 2.87. The fraction of sp³-hybridized carbons (Fsp3) is 0.0769. The van der Waals surface area contributed by atoms with E-state index in [0.717, 1.165) is 11.4 Å². The van der Waals surface area contributed by atoms with Crippen LogP contribution in [0.15, 0.2) is 53.0 Å². The number of hydrogen-bond acceptors (Lipinski definition) is 7. The average Bonchev–Trinajstić information content (AvgIpc) is 2.90. The summed E-state index contributed by atoms with van der Waals surface area (Å²) in [5.41, 5.74) is 0.807. The molecule has 0 unspecified atom stereocenters. The van der Waals surface area contributed by atoms with Gasteiger partial charge in [0, 0.05) is 12.6 Å². The Morgan fingerprint density at radius 3 is 2.45 bits per heavy atom. The molecule has 0 aliphatic carbocycles. The summed E-state index contributed by atoms with van der Waals surface area (Å²) in [6, 6.07) is 9.68. The van der Waals surface area contributed by atoms with Crippen LogP contribution in [0, 0.1) is 10.1 Å². The molecule has 0 radical (unpaired) electrons. The molecule has 0 bridgehead atoms. The minimum atomic E-state index is -0.537. The molecule has 3 rings (SSSR count). The second-order valence-electron chi connectivity index (χ2n) is 4.31. The summed E-state index contributed by atoms with van der Waals surface area (Å²) < 4.78 is 1.82. The van der Waals surface area contributed by atoms with Crippen molar-refractivity contribution >= 4 is 17.4 Å². The molecular weight excluding hydrogens is 304 g/mol. The molecule has 0 N–H and O–H groups in total. The molecule has 8 nitrogen and oxygen atoms in total. The smallest absolute Gasteiger partial charge is 0.305 e. The molecule has 0 aliphatic rings. The van der Waals surface area contributed by atoms with E-state index >= 15 is 0 Å². The lowest BCUT2D eigenvalue weighted by atomic mass is 10.2. The van der Waals surface area contributed by atoms with Crippen LogP contribution in [0.5, 0.6) is 0 Å². The average molecular weight is 314 g/mol. The predicted octanol–water partition coefficient (Wildman–Crippen LogP) is 2.33. The maximum atomic E-state index is 10.6. The van der Waals surface area contributed by atoms with Crippen molar-refractivity contribution in [3.8, 4) is 11.4 Å². The summed E-state index contributed by atoms with van der Waals surface area (Å²) in [6.45, 7) is 0. The molecule has 9 heteroatoms. The lowest BCUT2D eigenvalue weighted by Gasteiger charge is -2.02. The standard InChI is InChI=1S/C13H10N6O2S/c1-18-11(9-5-3-2-4-6-9)16-17-13(18)22-12-14-7-10(8-15-12)19(20)21/h2-8H,1H3. The third kappa shape index (κ3) is 2.79. The quantitative estimate of drug-likeness (QED) is 0.414. The van der Waals surface area contributed by atoms with Gasteiger partial charge in [-0.3, -0.25) is 10.1 Å². The molecule has 3 aromatic rings. The number of nitrogens with zero attached hydrogens (tertiary/aromatic N) is 6. The lowest BCUT2D eigenvalue weighted by molar-refractivity contribution is -0.385. The van der Waals surface area contributed by atoms with E-state index in [9.17, 15) is 10.1 Å². The van der Waals surface area contributed by atoms with Crippen molar-refractivity contribution in [2.24, 2.45) is 7.05 Å². The van der Waals surface area contributed by atoms with Gasteiger partial charge >= 0.3 is 5.69 Å². The predicted molar refractivity (Wildman–Crippen MR) is 79.2 cm³/mol. The van der Waals surface area contributed by atoms with Gasteiger partial charge in [-0.25, -0.2) is 9.97 Å². The van der Waals surface area contributed by atoms with Crippen molar-refractivity contribution in [3.05, 3.63) is 52.8 Å². The van der Waals surface area contributed by atoms with Crippen LogP contribution < -0.4 is 0 Å². The second kappa shape index (κ2) is 5.90. The van der Waals surface area contributed by atoms with Crippen LogP contribution in [-0.4, -0.2) is 29.7 Å². The first kappa shape index (κ1) is 14.1. The minimum Gasteiger partial charge on any atom is -0.305 e. The van der Waals surface area contributed by atoms with Crippen molar-refractivity contribution in [1.29, 1.82) is 0 Å². The Balaban J connectivity index is 1.85. The molecule has 22 heavy (non-hydrogen) atoms. The zero-order valence-electron chi connectivity index (χ0n) is 11.4. The summed E-state index contributed by atoms with van der Waals surface area (Å²) >= 11 is 1.19. The van der Waals surface area contributed by atoms with Gasteiger partial charge in [0.05, 0.1) is 4.92 Å². The molecule has 0 saturated carbocycles. The van der Waals surface area contributed by atoms with Crippen molar-refractivity contribution in [3.63, 3.8) is 0 Å². The Morgan fingerprint density at radius 1 is 1.14 bits per heavy atom. The van der Waals surface area contributed by atoms with Crippen LogP contribution in [0.1, 0.15) is 0 Å². The highest BCUT2D eigenvalue weighted by molar-refractivity contribution is 7.99. The second-order valence-corrected chi connectivity index (χ2v) is 5.25. The Hall–Kier alpha value is -2.81. The third-order valence-corrected chi connectivity index (χ3v) is 3.81. The molecular formula is C13H10N6O2S. The monoisotopic (exact) mass is 314 g/mol. The van der Waals surface area contributed by atoms with E-state index in [1.165, 1.54) is 24.2 Å². The molecule has 0 amide bonds. The molecule has 1 aromatic carbocycles. The van der Waals surface area contributed by atoms with Crippen molar-refractivity contribution in [2.45, 2.75) is 10.3 Å². The summed E-state index contributed by atoms with van der Waals surface area (Å²) in [7, 11) is 1.84. The van der Waals surface area contributed by atoms with Gasteiger partial charge in [0.2, 0.25) is 0 Å². The van der Waals surface area contributed by atoms with E-state index in [2.05, 4.69) is 20.2 Å². The number of benzene rings is 1. The number of aromatic nitrogens is 5. The van der Waals surface area contributed by atoms with E-state index in [4.69, 9.17) is 0 Å². The van der Waals surface area contributed by atoms with Crippen molar-refractivity contribution in [2.75, 3.05) is 0 Å². The van der Waals surface area contributed by atoms with E-state index < -0.39 is 4.92 Å². The van der Waals surface area contributed by atoms with Gasteiger partial charge in [0.15, 0.2) is 16.1 Å². The fourth-order valence-corrected chi connectivity index (χ4v) is 2.46. The maximum Gasteiger partial charge on any atom is 0.305 e. The highest BCUT2D eigenvalue weighted by atomic mass is 32.2. The van der Waals surface area contributed by atoms with Gasteiger partial charge in [-0.2, -0.15) is 0 Å². The van der Waals surface area contributed by atoms with E-state index in [0.29, 0.717) is 10.3 Å². The first-order valence-electron chi connectivity index (χ1n) is 6.24. The number of hydrogen-bond donors (Lipinski definition) is 0.